The van der Waals surface area contributed by atoms with Gasteiger partial charge in [-0.2, -0.15) is 4.98 Å². The van der Waals surface area contributed by atoms with E-state index in [0.717, 1.165) is 17.7 Å². The second kappa shape index (κ2) is 7.13. The van der Waals surface area contributed by atoms with Crippen LogP contribution in [0.3, 0.4) is 0 Å². The Morgan fingerprint density at radius 2 is 2.03 bits per heavy atom. The lowest BCUT2D eigenvalue weighted by atomic mass is 10.0. The van der Waals surface area contributed by atoms with Crippen molar-refractivity contribution in [1.29, 1.82) is 0 Å². The molecule has 1 amide bonds. The average Bonchev–Trinajstić information content (AvgIpc) is 3.47. The van der Waals surface area contributed by atoms with Crippen LogP contribution in [0.1, 0.15) is 36.8 Å². The zero-order chi connectivity index (χ0) is 20.0. The molecule has 0 spiro atoms. The molecule has 1 aromatic carbocycles. The number of aromatic nitrogens is 2. The molecule has 0 radical (unpaired) electrons. The number of rotatable bonds is 4. The van der Waals surface area contributed by atoms with Gasteiger partial charge in [0.1, 0.15) is 11.3 Å². The molecule has 2 aromatic heterocycles. The Morgan fingerprint density at radius 3 is 2.76 bits per heavy atom. The minimum atomic E-state index is -0.439. The Kier molecular flexibility index (Phi) is 4.45. The quantitative estimate of drug-likeness (QED) is 0.678. The summed E-state index contributed by atoms with van der Waals surface area (Å²) in [6, 6.07) is 10.2. The lowest BCUT2D eigenvalue weighted by Gasteiger charge is -2.39. The molecule has 2 fully saturated rings. The van der Waals surface area contributed by atoms with E-state index in [-0.39, 0.29) is 11.9 Å². The van der Waals surface area contributed by atoms with E-state index < -0.39 is 5.82 Å². The minimum Gasteiger partial charge on any atom is -0.404 e. The molecule has 1 saturated heterocycles. The Labute approximate surface area is 168 Å². The normalized spacial score (nSPS) is 19.7. The van der Waals surface area contributed by atoms with Gasteiger partial charge >= 0.3 is 0 Å². The number of amides is 1. The van der Waals surface area contributed by atoms with Crippen LogP contribution >= 0.6 is 0 Å². The molecule has 29 heavy (non-hydrogen) atoms. The third-order valence-electron chi connectivity index (χ3n) is 5.81. The molecular formula is C22H23FN4O2. The van der Waals surface area contributed by atoms with Gasteiger partial charge in [0.25, 0.3) is 6.01 Å². The van der Waals surface area contributed by atoms with E-state index in [9.17, 15) is 9.18 Å². The maximum atomic E-state index is 13.3. The van der Waals surface area contributed by atoms with Gasteiger partial charge in [-0.15, -0.1) is 0 Å². The number of pyridine rings is 1. The van der Waals surface area contributed by atoms with Gasteiger partial charge in [-0.1, -0.05) is 24.3 Å². The van der Waals surface area contributed by atoms with Gasteiger partial charge < -0.3 is 14.2 Å². The fraction of sp³-hybridized carbons (Fsp3) is 0.409. The molecule has 5 rings (SSSR count). The molecule has 3 aromatic rings. The zero-order valence-corrected chi connectivity index (χ0v) is 16.3. The smallest absolute Gasteiger partial charge is 0.299 e. The van der Waals surface area contributed by atoms with E-state index in [1.807, 2.05) is 16.7 Å². The number of carbonyl (C=O) groups is 1. The van der Waals surface area contributed by atoms with Gasteiger partial charge in [-0.05, 0) is 36.8 Å². The summed E-state index contributed by atoms with van der Waals surface area (Å²) >= 11 is 0. The molecule has 2 aliphatic rings. The summed E-state index contributed by atoms with van der Waals surface area (Å²) in [5.74, 6) is 0.426. The van der Waals surface area contributed by atoms with Crippen molar-refractivity contribution < 1.29 is 13.6 Å². The highest BCUT2D eigenvalue weighted by Gasteiger charge is 2.30. The van der Waals surface area contributed by atoms with Crippen molar-refractivity contribution in [2.24, 2.45) is 0 Å². The number of hydrogen-bond donors (Lipinski definition) is 0. The van der Waals surface area contributed by atoms with E-state index in [1.165, 1.54) is 24.5 Å². The molecule has 1 aliphatic heterocycles. The maximum absolute atomic E-state index is 13.3. The maximum Gasteiger partial charge on any atom is 0.299 e. The fourth-order valence-corrected chi connectivity index (χ4v) is 4.02. The molecule has 6 nitrogen and oxygen atoms in total. The lowest BCUT2D eigenvalue weighted by molar-refractivity contribution is -0.132. The van der Waals surface area contributed by atoms with E-state index >= 15 is 0 Å². The van der Waals surface area contributed by atoms with Gasteiger partial charge in [0.2, 0.25) is 11.6 Å². The average molecular weight is 394 g/mol. The van der Waals surface area contributed by atoms with Gasteiger partial charge in [-0.25, -0.2) is 9.37 Å². The molecule has 0 unspecified atom stereocenters. The van der Waals surface area contributed by atoms with Crippen LogP contribution in [0.4, 0.5) is 10.4 Å². The van der Waals surface area contributed by atoms with Gasteiger partial charge in [0, 0.05) is 31.7 Å². The van der Waals surface area contributed by atoms with Crippen LogP contribution in [0.2, 0.25) is 0 Å². The number of piperazine rings is 1. The number of anilines is 1. The summed E-state index contributed by atoms with van der Waals surface area (Å²) in [5.41, 5.74) is 3.17. The van der Waals surface area contributed by atoms with Crippen molar-refractivity contribution in [3.8, 4) is 0 Å². The minimum absolute atomic E-state index is 0.0293. The summed E-state index contributed by atoms with van der Waals surface area (Å²) in [7, 11) is 0. The predicted molar refractivity (Wildman–Crippen MR) is 107 cm³/mol. The highest BCUT2D eigenvalue weighted by atomic mass is 19.1. The number of oxazole rings is 1. The first-order valence-corrected chi connectivity index (χ1v) is 10.1. The topological polar surface area (TPSA) is 62.5 Å². The summed E-state index contributed by atoms with van der Waals surface area (Å²) in [6.45, 7) is 3.86. The number of benzene rings is 1. The lowest BCUT2D eigenvalue weighted by Crippen LogP contribution is -2.54. The summed E-state index contributed by atoms with van der Waals surface area (Å²) in [6.07, 6.45) is 4.10. The molecule has 1 saturated carbocycles. The molecule has 1 aliphatic carbocycles. The number of hydrogen-bond acceptors (Lipinski definition) is 5. The molecule has 0 N–H and O–H groups in total. The van der Waals surface area contributed by atoms with Crippen molar-refractivity contribution in [3.05, 3.63) is 53.5 Å². The first-order chi connectivity index (χ1) is 14.1. The predicted octanol–water partition coefficient (Wildman–Crippen LogP) is 3.52. The van der Waals surface area contributed by atoms with Crippen LogP contribution in [0.15, 0.2) is 40.9 Å². The van der Waals surface area contributed by atoms with E-state index in [0.29, 0.717) is 43.3 Å². The van der Waals surface area contributed by atoms with Crippen LogP contribution in [-0.4, -0.2) is 46.5 Å². The highest BCUT2D eigenvalue weighted by Crippen LogP contribution is 2.39. The Bertz CT molecular complexity index is 1040. The zero-order valence-electron chi connectivity index (χ0n) is 16.3. The second-order valence-electron chi connectivity index (χ2n) is 8.05. The van der Waals surface area contributed by atoms with Crippen LogP contribution in [0, 0.1) is 5.82 Å². The number of fused-ring (bicyclic) bond motifs is 1. The first kappa shape index (κ1) is 18.1. The van der Waals surface area contributed by atoms with Crippen LogP contribution in [-0.2, 0) is 11.2 Å². The molecule has 7 heteroatoms. The second-order valence-corrected chi connectivity index (χ2v) is 8.05. The fourth-order valence-electron chi connectivity index (χ4n) is 4.02. The van der Waals surface area contributed by atoms with Gasteiger partial charge in [0.05, 0.1) is 12.6 Å². The SMILES string of the molecule is C[C@@H]1CN(c2nc3cc(F)cnc3o2)CCN1C(=O)Cc1ccc(C2CC2)cc1. The molecule has 0 bridgehead atoms. The Morgan fingerprint density at radius 1 is 1.24 bits per heavy atom. The van der Waals surface area contributed by atoms with Crippen LogP contribution in [0.25, 0.3) is 11.2 Å². The third-order valence-corrected chi connectivity index (χ3v) is 5.81. The Balaban J connectivity index is 1.23. The Hall–Kier alpha value is -2.96. The highest BCUT2D eigenvalue weighted by molar-refractivity contribution is 5.79. The number of nitrogens with zero attached hydrogens (tertiary/aromatic N) is 4. The summed E-state index contributed by atoms with van der Waals surface area (Å²) in [4.78, 5) is 25.0. The summed E-state index contributed by atoms with van der Waals surface area (Å²) in [5, 5.41) is 0. The van der Waals surface area contributed by atoms with Crippen LogP contribution in [0.5, 0.6) is 0 Å². The van der Waals surface area contributed by atoms with Crippen molar-refractivity contribution in [1.82, 2.24) is 14.9 Å². The molecule has 150 valence electrons. The van der Waals surface area contributed by atoms with Crippen molar-refractivity contribution >= 4 is 23.2 Å². The third kappa shape index (κ3) is 3.69. The monoisotopic (exact) mass is 394 g/mol. The molecule has 3 heterocycles. The number of halogens is 1. The first-order valence-electron chi connectivity index (χ1n) is 10.1. The van der Waals surface area contributed by atoms with E-state index in [2.05, 4.69) is 34.2 Å². The number of carbonyl (C=O) groups excluding carboxylic acids is 1. The van der Waals surface area contributed by atoms with E-state index in [4.69, 9.17) is 4.42 Å². The van der Waals surface area contributed by atoms with E-state index in [1.54, 1.807) is 0 Å². The van der Waals surface area contributed by atoms with Crippen molar-refractivity contribution in [2.45, 2.75) is 38.1 Å². The van der Waals surface area contributed by atoms with Gasteiger partial charge in [0.15, 0.2) is 0 Å². The summed E-state index contributed by atoms with van der Waals surface area (Å²) < 4.78 is 19.0. The van der Waals surface area contributed by atoms with Crippen molar-refractivity contribution in [2.75, 3.05) is 24.5 Å². The van der Waals surface area contributed by atoms with Crippen LogP contribution < -0.4 is 4.90 Å². The van der Waals surface area contributed by atoms with Gasteiger partial charge in [-0.3, -0.25) is 4.79 Å². The van der Waals surface area contributed by atoms with Crippen molar-refractivity contribution in [3.63, 3.8) is 0 Å². The molecular weight excluding hydrogens is 371 g/mol. The largest absolute Gasteiger partial charge is 0.404 e. The molecule has 1 atom stereocenters. The standard InChI is InChI=1S/C22H23FN4O2/c1-14-13-26(22-25-19-11-18(23)12-24-21(19)29-22)8-9-27(14)20(28)10-15-2-4-16(5-3-15)17-6-7-17/h2-5,11-12,14,17H,6-10,13H2,1H3/t14-/m1/s1.